The lowest BCUT2D eigenvalue weighted by molar-refractivity contribution is -0.144. The summed E-state index contributed by atoms with van der Waals surface area (Å²) >= 11 is 1.56. The van der Waals surface area contributed by atoms with Crippen molar-refractivity contribution in [2.24, 2.45) is 5.41 Å². The molecule has 0 bridgehead atoms. The molecule has 8 rings (SSSR count). The number of carbonyl (C=O) groups excluding carboxylic acids is 3. The smallest absolute Gasteiger partial charge is 0.246 e. The lowest BCUT2D eigenvalue weighted by atomic mass is 9.85. The van der Waals surface area contributed by atoms with Crippen molar-refractivity contribution in [3.8, 4) is 22.1 Å². The number of para-hydroxylation sites is 1. The predicted molar refractivity (Wildman–Crippen MR) is 267 cm³/mol. The zero-order valence-corrected chi connectivity index (χ0v) is 42.0. The molecule has 2 aliphatic heterocycles. The molecule has 1 saturated heterocycles. The number of aromatic amines is 1. The maximum Gasteiger partial charge on any atom is 0.246 e. The van der Waals surface area contributed by atoms with Crippen LogP contribution in [0.2, 0.25) is 0 Å². The zero-order valence-electron chi connectivity index (χ0n) is 41.2. The van der Waals surface area contributed by atoms with Gasteiger partial charge in [-0.05, 0) is 74.8 Å². The summed E-state index contributed by atoms with van der Waals surface area (Å²) in [5.41, 5.74) is 4.97. The lowest BCUT2D eigenvalue weighted by Gasteiger charge is -2.43. The summed E-state index contributed by atoms with van der Waals surface area (Å²) in [7, 11) is 0. The quantitative estimate of drug-likeness (QED) is 0.0655. The summed E-state index contributed by atoms with van der Waals surface area (Å²) in [6.07, 6.45) is 0.0635. The van der Waals surface area contributed by atoms with Crippen LogP contribution in [0.5, 0.6) is 11.6 Å². The molecule has 0 aliphatic carbocycles. The van der Waals surface area contributed by atoms with Crippen molar-refractivity contribution in [1.82, 2.24) is 35.4 Å². The molecule has 5 atom stereocenters. The van der Waals surface area contributed by atoms with E-state index in [0.29, 0.717) is 17.8 Å². The van der Waals surface area contributed by atoms with E-state index in [1.807, 2.05) is 88.0 Å². The molecular weight excluding hydrogens is 932 g/mol. The van der Waals surface area contributed by atoms with E-state index >= 15 is 13.2 Å². The van der Waals surface area contributed by atoms with Crippen molar-refractivity contribution in [3.63, 3.8) is 0 Å². The minimum absolute atomic E-state index is 0.0222. The molecule has 3 amide bonds. The van der Waals surface area contributed by atoms with E-state index in [0.717, 1.165) is 50.3 Å². The Labute approximate surface area is 416 Å². The van der Waals surface area contributed by atoms with Gasteiger partial charge in [0, 0.05) is 78.9 Å². The number of ether oxygens (including phenoxy) is 2. The molecule has 3 aromatic heterocycles. The van der Waals surface area contributed by atoms with Gasteiger partial charge in [-0.15, -0.1) is 11.3 Å². The Balaban J connectivity index is 0.839. The summed E-state index contributed by atoms with van der Waals surface area (Å²) < 4.78 is 59.5. The normalized spacial score (nSPS) is 18.8. The van der Waals surface area contributed by atoms with Crippen molar-refractivity contribution >= 4 is 40.0 Å². The van der Waals surface area contributed by atoms with Crippen LogP contribution in [0.4, 0.5) is 13.2 Å². The molecule has 0 saturated carbocycles. The number of halogens is 3. The molecule has 13 nitrogen and oxygen atoms in total. The summed E-state index contributed by atoms with van der Waals surface area (Å²) in [5, 5.41) is 17.4. The fourth-order valence-electron chi connectivity index (χ4n) is 9.60. The first-order valence-electron chi connectivity index (χ1n) is 24.0. The van der Waals surface area contributed by atoms with Gasteiger partial charge in [0.2, 0.25) is 23.6 Å². The number of alkyl halides is 1. The van der Waals surface area contributed by atoms with Gasteiger partial charge in [-0.1, -0.05) is 69.3 Å². The molecular formula is C54H62F3N7O6S. The average molecular weight is 994 g/mol. The number of carbonyl (C=O) groups is 3. The largest absolute Gasteiger partial charge is 0.487 e. The van der Waals surface area contributed by atoms with Crippen LogP contribution in [-0.4, -0.2) is 97.2 Å². The molecule has 71 heavy (non-hydrogen) atoms. The van der Waals surface area contributed by atoms with Crippen LogP contribution in [0.3, 0.4) is 0 Å². The fourth-order valence-corrected chi connectivity index (χ4v) is 10.4. The molecule has 5 heterocycles. The second-order valence-electron chi connectivity index (χ2n) is 20.4. The number of aromatic nitrogens is 3. The molecule has 3 aromatic carbocycles. The monoisotopic (exact) mass is 993 g/mol. The number of aliphatic hydroxyl groups excluding tert-OH is 1. The van der Waals surface area contributed by atoms with Gasteiger partial charge < -0.3 is 35.1 Å². The maximum atomic E-state index is 16.3. The van der Waals surface area contributed by atoms with Crippen molar-refractivity contribution in [2.75, 3.05) is 19.7 Å². The molecule has 376 valence electrons. The van der Waals surface area contributed by atoms with Gasteiger partial charge in [0.25, 0.3) is 0 Å². The standard InChI is InChI=1S/C54H62F3N7O6S/c1-31-22-39-38-13-8-9-14-42(38)61-47(39)48(64(31)29-54(6,7)57)46-40(55)24-37(25-41(46)56)70-28-35-12-10-16-45(60-35)69-21-11-15-44(66)62-50(53(3,4)5)52(68)63-27-36(65)23-43(63)51(67)58-26-33-17-19-34(20-18-33)49-32(2)59-30-71-49/h8-10,12-14,16-20,24-25,30-31,36,43,48,50,61,65H,11,15,21-23,26-29H2,1-7H3,(H,58,67)(H,62,66)/t31-,36-,43+,48-,50-/m1/s1. The lowest BCUT2D eigenvalue weighted by Crippen LogP contribution is -2.57. The number of hydrogen-bond acceptors (Lipinski definition) is 10. The zero-order chi connectivity index (χ0) is 50.8. The number of fused-ring (bicyclic) bond motifs is 3. The van der Waals surface area contributed by atoms with Gasteiger partial charge in [0.1, 0.15) is 41.7 Å². The van der Waals surface area contributed by atoms with Gasteiger partial charge in [-0.2, -0.15) is 0 Å². The Morgan fingerprint density at radius 1 is 0.986 bits per heavy atom. The summed E-state index contributed by atoms with van der Waals surface area (Å²) in [6.45, 7) is 12.4. The van der Waals surface area contributed by atoms with Gasteiger partial charge in [0.05, 0.1) is 40.5 Å². The summed E-state index contributed by atoms with van der Waals surface area (Å²) in [6, 6.07) is 19.8. The van der Waals surface area contributed by atoms with Gasteiger partial charge >= 0.3 is 0 Å². The highest BCUT2D eigenvalue weighted by Crippen LogP contribution is 2.44. The topological polar surface area (TPSA) is 162 Å². The summed E-state index contributed by atoms with van der Waals surface area (Å²) in [5.74, 6) is -2.69. The van der Waals surface area contributed by atoms with E-state index in [9.17, 15) is 19.5 Å². The Morgan fingerprint density at radius 2 is 1.72 bits per heavy atom. The highest BCUT2D eigenvalue weighted by Gasteiger charge is 2.45. The van der Waals surface area contributed by atoms with Crippen LogP contribution in [0.15, 0.2) is 84.4 Å². The number of pyridine rings is 1. The number of nitrogens with one attached hydrogen (secondary N) is 3. The average Bonchev–Trinajstić information content (AvgIpc) is 4.04. The third-order valence-electron chi connectivity index (χ3n) is 13.1. The van der Waals surface area contributed by atoms with Crippen molar-refractivity contribution < 1.29 is 42.1 Å². The van der Waals surface area contributed by atoms with Crippen LogP contribution in [-0.2, 0) is 34.0 Å². The SMILES string of the molecule is Cc1ncsc1-c1ccc(CNC(=O)[C@@H]2C[C@@H](O)CN2C(=O)[C@@H](NC(=O)CCCOc2cccc(COc3cc(F)c([C@@H]4c5[nH]c6ccccc6c5C[C@@H](C)N4CC(C)(C)F)c(F)c3)n2)C(C)(C)C)cc1. The van der Waals surface area contributed by atoms with E-state index in [1.54, 1.807) is 35.0 Å². The second kappa shape index (κ2) is 21.2. The van der Waals surface area contributed by atoms with Crippen LogP contribution in [0.1, 0.15) is 101 Å². The number of β-amino-alcohol motifs (C(OH)–C–C–N with tert-alkyl or cyclic N) is 1. The molecule has 4 N–H and O–H groups in total. The number of aryl methyl sites for hydroxylation is 1. The number of thiazole rings is 1. The fraction of sp³-hybridized carbons (Fsp3) is 0.426. The van der Waals surface area contributed by atoms with Crippen LogP contribution in [0, 0.1) is 24.0 Å². The highest BCUT2D eigenvalue weighted by atomic mass is 32.1. The molecule has 2 aliphatic rings. The number of hydrogen-bond donors (Lipinski definition) is 4. The second-order valence-corrected chi connectivity index (χ2v) is 21.2. The van der Waals surface area contributed by atoms with Crippen LogP contribution in [0.25, 0.3) is 21.3 Å². The van der Waals surface area contributed by atoms with Crippen molar-refractivity contribution in [1.29, 1.82) is 0 Å². The number of amides is 3. The van der Waals surface area contributed by atoms with E-state index in [1.165, 1.54) is 18.7 Å². The first kappa shape index (κ1) is 51.1. The minimum atomic E-state index is -1.63. The van der Waals surface area contributed by atoms with E-state index < -0.39 is 58.8 Å². The number of rotatable bonds is 17. The first-order chi connectivity index (χ1) is 33.7. The molecule has 0 spiro atoms. The molecule has 0 unspecified atom stereocenters. The van der Waals surface area contributed by atoms with E-state index in [-0.39, 0.29) is 81.3 Å². The first-order valence-corrected chi connectivity index (χ1v) is 24.9. The number of benzene rings is 3. The number of likely N-dealkylation sites (tertiary alicyclic amines) is 1. The molecule has 0 radical (unpaired) electrons. The number of aliphatic hydroxyl groups is 1. The number of H-pyrrole nitrogens is 1. The van der Waals surface area contributed by atoms with Crippen molar-refractivity contribution in [3.05, 3.63) is 130 Å². The van der Waals surface area contributed by atoms with Crippen LogP contribution < -0.4 is 20.1 Å². The molecule has 1 fully saturated rings. The Bertz CT molecular complexity index is 2850. The van der Waals surface area contributed by atoms with Gasteiger partial charge in [-0.25, -0.2) is 23.1 Å². The highest BCUT2D eigenvalue weighted by molar-refractivity contribution is 7.13. The Kier molecular flexibility index (Phi) is 15.2. The number of nitrogens with zero attached hydrogens (tertiary/aromatic N) is 4. The Hall–Kier alpha value is -6.30. The van der Waals surface area contributed by atoms with E-state index in [4.69, 9.17) is 9.47 Å². The van der Waals surface area contributed by atoms with Gasteiger partial charge in [-0.3, -0.25) is 19.3 Å². The maximum absolute atomic E-state index is 16.3. The van der Waals surface area contributed by atoms with E-state index in [2.05, 4.69) is 25.6 Å². The van der Waals surface area contributed by atoms with Crippen molar-refractivity contribution in [2.45, 2.75) is 123 Å². The Morgan fingerprint density at radius 3 is 2.41 bits per heavy atom. The predicted octanol–water partition coefficient (Wildman–Crippen LogP) is 8.90. The molecule has 6 aromatic rings. The van der Waals surface area contributed by atoms with Crippen LogP contribution >= 0.6 is 11.3 Å². The van der Waals surface area contributed by atoms with Gasteiger partial charge in [0.15, 0.2) is 0 Å². The molecule has 17 heteroatoms. The summed E-state index contributed by atoms with van der Waals surface area (Å²) in [4.78, 5) is 57.4. The third kappa shape index (κ3) is 11.9. The minimum Gasteiger partial charge on any atom is -0.487 e. The third-order valence-corrected chi connectivity index (χ3v) is 14.1.